The maximum atomic E-state index is 12.2. The van der Waals surface area contributed by atoms with E-state index < -0.39 is 0 Å². The van der Waals surface area contributed by atoms with Crippen LogP contribution in [0.1, 0.15) is 34.9 Å². The summed E-state index contributed by atoms with van der Waals surface area (Å²) < 4.78 is 0. The average Bonchev–Trinajstić information content (AvgIpc) is 2.48. The summed E-state index contributed by atoms with van der Waals surface area (Å²) in [5.74, 6) is 0.0792. The lowest BCUT2D eigenvalue weighted by atomic mass is 10.1. The van der Waals surface area contributed by atoms with Crippen LogP contribution in [0.3, 0.4) is 0 Å². The molecule has 0 spiro atoms. The molecule has 0 saturated carbocycles. The van der Waals surface area contributed by atoms with E-state index in [1.807, 2.05) is 46.8 Å². The second-order valence-corrected chi connectivity index (χ2v) is 6.86. The van der Waals surface area contributed by atoms with Crippen molar-refractivity contribution in [2.45, 2.75) is 46.2 Å². The Kier molecular flexibility index (Phi) is 5.83. The molecule has 0 atom stereocenters. The zero-order chi connectivity index (χ0) is 17.9. The number of benzene rings is 1. The van der Waals surface area contributed by atoms with Gasteiger partial charge in [-0.15, -0.1) is 0 Å². The minimum absolute atomic E-state index is 0.116. The minimum atomic E-state index is -0.127. The van der Waals surface area contributed by atoms with E-state index in [1.165, 1.54) is 17.3 Å². The number of aromatic nitrogens is 2. The molecule has 0 unspecified atom stereocenters. The van der Waals surface area contributed by atoms with Gasteiger partial charge in [-0.2, -0.15) is 0 Å². The lowest BCUT2D eigenvalue weighted by Crippen LogP contribution is -2.19. The van der Waals surface area contributed by atoms with Crippen molar-refractivity contribution in [3.05, 3.63) is 50.4 Å². The number of aromatic amines is 1. The molecule has 0 aliphatic rings. The lowest BCUT2D eigenvalue weighted by molar-refractivity contribution is -0.113. The van der Waals surface area contributed by atoms with Gasteiger partial charge in [0, 0.05) is 16.9 Å². The molecule has 5 nitrogen and oxygen atoms in total. The Bertz CT molecular complexity index is 804. The molecule has 2 rings (SSSR count). The van der Waals surface area contributed by atoms with Crippen LogP contribution in [0.2, 0.25) is 0 Å². The van der Waals surface area contributed by atoms with Crippen LogP contribution >= 0.6 is 11.8 Å². The first-order valence-electron chi connectivity index (χ1n) is 7.92. The molecule has 2 aromatic rings. The highest BCUT2D eigenvalue weighted by molar-refractivity contribution is 7.99. The van der Waals surface area contributed by atoms with Crippen LogP contribution in [0.15, 0.2) is 22.1 Å². The number of nitrogens with one attached hydrogen (secondary N) is 2. The van der Waals surface area contributed by atoms with Crippen molar-refractivity contribution in [3.8, 4) is 0 Å². The molecule has 0 fully saturated rings. The van der Waals surface area contributed by atoms with Crippen molar-refractivity contribution in [2.24, 2.45) is 0 Å². The van der Waals surface area contributed by atoms with Crippen molar-refractivity contribution in [2.75, 3.05) is 11.1 Å². The van der Waals surface area contributed by atoms with E-state index in [0.717, 1.165) is 22.5 Å². The predicted molar refractivity (Wildman–Crippen MR) is 99.0 cm³/mol. The number of hydrogen-bond acceptors (Lipinski definition) is 4. The third-order valence-corrected chi connectivity index (χ3v) is 4.71. The van der Waals surface area contributed by atoms with E-state index in [2.05, 4.69) is 15.3 Å². The van der Waals surface area contributed by atoms with Crippen molar-refractivity contribution >= 4 is 23.4 Å². The average molecular weight is 345 g/mol. The number of carbonyl (C=O) groups excluding carboxylic acids is 1. The molecule has 24 heavy (non-hydrogen) atoms. The zero-order valence-corrected chi connectivity index (χ0v) is 15.6. The van der Waals surface area contributed by atoms with Crippen LogP contribution < -0.4 is 10.9 Å². The Morgan fingerprint density at radius 3 is 2.38 bits per heavy atom. The fourth-order valence-electron chi connectivity index (χ4n) is 2.76. The smallest absolute Gasteiger partial charge is 0.254 e. The van der Waals surface area contributed by atoms with Crippen molar-refractivity contribution < 1.29 is 4.79 Å². The molecule has 1 aromatic heterocycles. The zero-order valence-electron chi connectivity index (χ0n) is 14.7. The molecule has 1 aromatic carbocycles. The number of aryl methyl sites for hydroxylation is 4. The summed E-state index contributed by atoms with van der Waals surface area (Å²) >= 11 is 1.23. The first kappa shape index (κ1) is 18.3. The Labute approximate surface area is 146 Å². The number of anilines is 1. The molecule has 0 radical (unpaired) electrons. The number of amides is 1. The van der Waals surface area contributed by atoms with Crippen LogP contribution in [0, 0.1) is 27.7 Å². The summed E-state index contributed by atoms with van der Waals surface area (Å²) in [7, 11) is 0. The second-order valence-electron chi connectivity index (χ2n) is 5.90. The highest BCUT2D eigenvalue weighted by atomic mass is 32.2. The van der Waals surface area contributed by atoms with Crippen LogP contribution in [0.25, 0.3) is 0 Å². The van der Waals surface area contributed by atoms with Gasteiger partial charge >= 0.3 is 0 Å². The monoisotopic (exact) mass is 345 g/mol. The Morgan fingerprint density at radius 2 is 1.83 bits per heavy atom. The molecule has 6 heteroatoms. The number of H-pyrrole nitrogens is 1. The van der Waals surface area contributed by atoms with Crippen molar-refractivity contribution in [1.29, 1.82) is 0 Å². The molecule has 1 heterocycles. The van der Waals surface area contributed by atoms with E-state index in [0.29, 0.717) is 17.1 Å². The van der Waals surface area contributed by atoms with Gasteiger partial charge in [0.05, 0.1) is 5.75 Å². The minimum Gasteiger partial charge on any atom is -0.325 e. The highest BCUT2D eigenvalue weighted by Crippen LogP contribution is 2.22. The van der Waals surface area contributed by atoms with Gasteiger partial charge in [0.25, 0.3) is 5.56 Å². The van der Waals surface area contributed by atoms with E-state index in [-0.39, 0.29) is 17.2 Å². The van der Waals surface area contributed by atoms with Crippen molar-refractivity contribution in [3.63, 3.8) is 0 Å². The quantitative estimate of drug-likeness (QED) is 0.644. The third-order valence-electron chi connectivity index (χ3n) is 3.84. The molecule has 0 saturated heterocycles. The molecule has 2 N–H and O–H groups in total. The highest BCUT2D eigenvalue weighted by Gasteiger charge is 2.11. The Hall–Kier alpha value is -2.08. The predicted octanol–water partition coefficient (Wildman–Crippen LogP) is 3.30. The SMILES string of the molecule is CCc1c(C)nc(SCC(=O)Nc2c(C)cc(C)cc2C)[nH]c1=O. The van der Waals surface area contributed by atoms with E-state index in [4.69, 9.17) is 0 Å². The molecule has 0 aliphatic heterocycles. The maximum Gasteiger partial charge on any atom is 0.254 e. The van der Waals surface area contributed by atoms with E-state index >= 15 is 0 Å². The fraction of sp³-hybridized carbons (Fsp3) is 0.389. The number of nitrogens with zero attached hydrogens (tertiary/aromatic N) is 1. The van der Waals surface area contributed by atoms with Gasteiger partial charge in [-0.3, -0.25) is 9.59 Å². The van der Waals surface area contributed by atoms with Crippen molar-refractivity contribution in [1.82, 2.24) is 9.97 Å². The summed E-state index contributed by atoms with van der Waals surface area (Å²) in [4.78, 5) is 31.2. The van der Waals surface area contributed by atoms with E-state index in [9.17, 15) is 9.59 Å². The standard InChI is InChI=1S/C18H23N3O2S/c1-6-14-13(5)19-18(21-17(14)23)24-9-15(22)20-16-11(3)7-10(2)8-12(16)4/h7-8H,6,9H2,1-5H3,(H,20,22)(H,19,21,23). The van der Waals surface area contributed by atoms with Gasteiger partial charge < -0.3 is 10.3 Å². The number of carbonyl (C=O) groups is 1. The summed E-state index contributed by atoms with van der Waals surface area (Å²) in [5.41, 5.74) is 5.39. The molecular formula is C18H23N3O2S. The van der Waals surface area contributed by atoms with E-state index in [1.54, 1.807) is 0 Å². The summed E-state index contributed by atoms with van der Waals surface area (Å²) in [5, 5.41) is 3.42. The summed E-state index contributed by atoms with van der Waals surface area (Å²) in [6.45, 7) is 9.73. The molecular weight excluding hydrogens is 322 g/mol. The molecule has 0 aliphatic carbocycles. The van der Waals surface area contributed by atoms with Gasteiger partial charge in [0.15, 0.2) is 5.16 Å². The van der Waals surface area contributed by atoms with Gasteiger partial charge in [0.2, 0.25) is 5.91 Å². The van der Waals surface area contributed by atoms with Gasteiger partial charge in [-0.05, 0) is 45.2 Å². The number of thioether (sulfide) groups is 1. The Morgan fingerprint density at radius 1 is 1.21 bits per heavy atom. The third kappa shape index (κ3) is 4.26. The number of rotatable bonds is 5. The Balaban J connectivity index is 2.06. The maximum absolute atomic E-state index is 12.2. The molecule has 128 valence electrons. The second kappa shape index (κ2) is 7.66. The normalized spacial score (nSPS) is 10.7. The van der Waals surface area contributed by atoms with Crippen LogP contribution in [-0.2, 0) is 11.2 Å². The summed E-state index contributed by atoms with van der Waals surface area (Å²) in [6.07, 6.45) is 0.644. The first-order valence-corrected chi connectivity index (χ1v) is 8.90. The summed E-state index contributed by atoms with van der Waals surface area (Å²) in [6, 6.07) is 4.09. The molecule has 1 amide bonds. The first-order chi connectivity index (χ1) is 11.3. The largest absolute Gasteiger partial charge is 0.325 e. The van der Waals surface area contributed by atoms with Crippen LogP contribution in [0.5, 0.6) is 0 Å². The topological polar surface area (TPSA) is 74.8 Å². The lowest BCUT2D eigenvalue weighted by Gasteiger charge is -2.12. The van der Waals surface area contributed by atoms with Crippen LogP contribution in [0.4, 0.5) is 5.69 Å². The van der Waals surface area contributed by atoms with Gasteiger partial charge in [0.1, 0.15) is 0 Å². The van der Waals surface area contributed by atoms with Gasteiger partial charge in [-0.25, -0.2) is 4.98 Å². The van der Waals surface area contributed by atoms with Crippen LogP contribution in [-0.4, -0.2) is 21.6 Å². The molecule has 0 bridgehead atoms. The number of hydrogen-bond donors (Lipinski definition) is 2. The fourth-order valence-corrected chi connectivity index (χ4v) is 3.46. The van der Waals surface area contributed by atoms with Gasteiger partial charge in [-0.1, -0.05) is 36.4 Å².